The minimum atomic E-state index is -0.0677. The van der Waals surface area contributed by atoms with Crippen LogP contribution in [0.15, 0.2) is 59.4 Å². The molecule has 7 nitrogen and oxygen atoms in total. The van der Waals surface area contributed by atoms with Gasteiger partial charge in [0.25, 0.3) is 5.56 Å². The van der Waals surface area contributed by atoms with Crippen molar-refractivity contribution in [3.63, 3.8) is 0 Å². The Bertz CT molecular complexity index is 1380. The minimum Gasteiger partial charge on any atom is -0.497 e. The molecule has 0 fully saturated rings. The SMILES string of the molecule is COc1ccc(Cn2c(C)nc3c(I)cc(NCc4ccc(OC)cc4OC)cc3c2=O)cc1. The molecule has 0 aliphatic rings. The summed E-state index contributed by atoms with van der Waals surface area (Å²) in [6, 6.07) is 17.3. The molecule has 3 aromatic carbocycles. The van der Waals surface area contributed by atoms with Crippen molar-refractivity contribution >= 4 is 39.2 Å². The van der Waals surface area contributed by atoms with Gasteiger partial charge >= 0.3 is 0 Å². The highest BCUT2D eigenvalue weighted by atomic mass is 127. The van der Waals surface area contributed by atoms with Crippen LogP contribution in [0.1, 0.15) is 17.0 Å². The topological polar surface area (TPSA) is 74.6 Å². The molecule has 1 aromatic heterocycles. The van der Waals surface area contributed by atoms with Crippen LogP contribution >= 0.6 is 22.6 Å². The van der Waals surface area contributed by atoms with Crippen LogP contribution in [0.3, 0.4) is 0 Å². The van der Waals surface area contributed by atoms with Crippen molar-refractivity contribution in [1.82, 2.24) is 9.55 Å². The Morgan fingerprint density at radius 1 is 0.941 bits per heavy atom. The summed E-state index contributed by atoms with van der Waals surface area (Å²) in [6.07, 6.45) is 0. The van der Waals surface area contributed by atoms with Crippen LogP contribution in [0.25, 0.3) is 10.9 Å². The van der Waals surface area contributed by atoms with Gasteiger partial charge in [-0.2, -0.15) is 0 Å². The number of hydrogen-bond donors (Lipinski definition) is 1. The molecule has 1 N–H and O–H groups in total. The molecule has 4 aromatic rings. The van der Waals surface area contributed by atoms with Crippen molar-refractivity contribution < 1.29 is 14.2 Å². The fourth-order valence-corrected chi connectivity index (χ4v) is 4.53. The van der Waals surface area contributed by atoms with Gasteiger partial charge in [0.2, 0.25) is 0 Å². The Labute approximate surface area is 211 Å². The lowest BCUT2D eigenvalue weighted by Crippen LogP contribution is -2.25. The number of benzene rings is 3. The van der Waals surface area contributed by atoms with E-state index in [4.69, 9.17) is 19.2 Å². The summed E-state index contributed by atoms with van der Waals surface area (Å²) in [5, 5.41) is 3.99. The first-order valence-corrected chi connectivity index (χ1v) is 11.8. The van der Waals surface area contributed by atoms with E-state index in [9.17, 15) is 4.79 Å². The molecule has 0 saturated heterocycles. The van der Waals surface area contributed by atoms with E-state index < -0.39 is 0 Å². The van der Waals surface area contributed by atoms with Gasteiger partial charge in [-0.1, -0.05) is 12.1 Å². The summed E-state index contributed by atoms with van der Waals surface area (Å²) in [6.45, 7) is 2.84. The summed E-state index contributed by atoms with van der Waals surface area (Å²) in [7, 11) is 4.90. The van der Waals surface area contributed by atoms with Gasteiger partial charge in [0, 0.05) is 27.4 Å². The zero-order chi connectivity index (χ0) is 24.2. The number of methoxy groups -OCH3 is 3. The maximum absolute atomic E-state index is 13.5. The van der Waals surface area contributed by atoms with E-state index >= 15 is 0 Å². The second-order valence-corrected chi connectivity index (χ2v) is 8.95. The standard InChI is InChI=1S/C26H26IN3O4/c1-16-29-25-22(26(31)30(16)15-17-5-8-20(32-2)9-6-17)11-19(12-23(25)27)28-14-18-7-10-21(33-3)13-24(18)34-4/h5-13,28H,14-15H2,1-4H3. The third kappa shape index (κ3) is 4.96. The van der Waals surface area contributed by atoms with Crippen LogP contribution < -0.4 is 25.1 Å². The summed E-state index contributed by atoms with van der Waals surface area (Å²) < 4.78 is 18.6. The Morgan fingerprint density at radius 2 is 1.65 bits per heavy atom. The minimum absolute atomic E-state index is 0.0677. The number of hydrogen-bond acceptors (Lipinski definition) is 6. The lowest BCUT2D eigenvalue weighted by molar-refractivity contribution is 0.391. The van der Waals surface area contributed by atoms with E-state index in [1.54, 1.807) is 25.9 Å². The van der Waals surface area contributed by atoms with Gasteiger partial charge in [-0.3, -0.25) is 9.36 Å². The number of halogens is 1. The number of nitrogens with zero attached hydrogens (tertiary/aromatic N) is 2. The van der Waals surface area contributed by atoms with Crippen molar-refractivity contribution in [2.75, 3.05) is 26.6 Å². The summed E-state index contributed by atoms with van der Waals surface area (Å²) in [5.74, 6) is 2.93. The Balaban J connectivity index is 1.65. The van der Waals surface area contributed by atoms with Gasteiger partial charge in [0.05, 0.1) is 38.8 Å². The molecule has 8 heteroatoms. The van der Waals surface area contributed by atoms with Gasteiger partial charge in [0.15, 0.2) is 0 Å². The predicted octanol–water partition coefficient (Wildman–Crippen LogP) is 5.00. The second-order valence-electron chi connectivity index (χ2n) is 7.78. The quantitative estimate of drug-likeness (QED) is 0.301. The molecule has 0 saturated carbocycles. The maximum Gasteiger partial charge on any atom is 0.261 e. The first kappa shape index (κ1) is 23.9. The van der Waals surface area contributed by atoms with Gasteiger partial charge < -0.3 is 19.5 Å². The molecular formula is C26H26IN3O4. The third-order valence-electron chi connectivity index (χ3n) is 5.68. The lowest BCUT2D eigenvalue weighted by Gasteiger charge is -2.15. The molecule has 1 heterocycles. The van der Waals surface area contributed by atoms with E-state index in [-0.39, 0.29) is 5.56 Å². The Hall–Kier alpha value is -3.27. The van der Waals surface area contributed by atoms with Gasteiger partial charge in [0.1, 0.15) is 23.1 Å². The molecule has 0 radical (unpaired) electrons. The first-order valence-electron chi connectivity index (χ1n) is 10.7. The molecule has 0 bridgehead atoms. The highest BCUT2D eigenvalue weighted by Crippen LogP contribution is 2.27. The maximum atomic E-state index is 13.5. The van der Waals surface area contributed by atoms with Crippen LogP contribution in [-0.4, -0.2) is 30.9 Å². The number of anilines is 1. The summed E-state index contributed by atoms with van der Waals surface area (Å²) in [5.41, 5.74) is 3.47. The van der Waals surface area contributed by atoms with E-state index in [1.165, 1.54) is 0 Å². The molecular weight excluding hydrogens is 545 g/mol. The second kappa shape index (κ2) is 10.3. The lowest BCUT2D eigenvalue weighted by atomic mass is 10.1. The number of aromatic nitrogens is 2. The van der Waals surface area contributed by atoms with Crippen molar-refractivity contribution in [2.45, 2.75) is 20.0 Å². The van der Waals surface area contributed by atoms with Gasteiger partial charge in [-0.05, 0) is 71.5 Å². The van der Waals surface area contributed by atoms with E-state index in [0.29, 0.717) is 29.8 Å². The fraction of sp³-hybridized carbons (Fsp3) is 0.231. The molecule has 0 unspecified atom stereocenters. The fourth-order valence-electron chi connectivity index (χ4n) is 3.79. The van der Waals surface area contributed by atoms with Crippen molar-refractivity contribution in [3.8, 4) is 17.2 Å². The number of nitrogens with one attached hydrogen (secondary N) is 1. The number of fused-ring (bicyclic) bond motifs is 1. The van der Waals surface area contributed by atoms with Crippen LogP contribution in [-0.2, 0) is 13.1 Å². The number of aryl methyl sites for hydroxylation is 1. The predicted molar refractivity (Wildman–Crippen MR) is 142 cm³/mol. The van der Waals surface area contributed by atoms with E-state index in [0.717, 1.165) is 37.6 Å². The Morgan fingerprint density at radius 3 is 2.32 bits per heavy atom. The highest BCUT2D eigenvalue weighted by Gasteiger charge is 2.13. The molecule has 0 amide bonds. The van der Waals surface area contributed by atoms with Crippen LogP contribution in [0.4, 0.5) is 5.69 Å². The molecule has 0 atom stereocenters. The van der Waals surface area contributed by atoms with Crippen LogP contribution in [0.5, 0.6) is 17.2 Å². The zero-order valence-electron chi connectivity index (χ0n) is 19.5. The van der Waals surface area contributed by atoms with Gasteiger partial charge in [-0.25, -0.2) is 4.98 Å². The summed E-state index contributed by atoms with van der Waals surface area (Å²) >= 11 is 2.23. The monoisotopic (exact) mass is 571 g/mol. The van der Waals surface area contributed by atoms with Gasteiger partial charge in [-0.15, -0.1) is 0 Å². The van der Waals surface area contributed by atoms with E-state index in [2.05, 4.69) is 27.9 Å². The van der Waals surface area contributed by atoms with Crippen LogP contribution in [0.2, 0.25) is 0 Å². The molecule has 34 heavy (non-hydrogen) atoms. The third-order valence-corrected chi connectivity index (χ3v) is 6.50. The molecule has 176 valence electrons. The number of ether oxygens (including phenoxy) is 3. The van der Waals surface area contributed by atoms with Crippen LogP contribution in [0, 0.1) is 10.5 Å². The van der Waals surface area contributed by atoms with Crippen molar-refractivity contribution in [1.29, 1.82) is 0 Å². The smallest absolute Gasteiger partial charge is 0.261 e. The number of rotatable bonds is 8. The highest BCUT2D eigenvalue weighted by molar-refractivity contribution is 14.1. The molecule has 4 rings (SSSR count). The normalized spacial score (nSPS) is 10.9. The summed E-state index contributed by atoms with van der Waals surface area (Å²) in [4.78, 5) is 18.2. The van der Waals surface area contributed by atoms with Crippen molar-refractivity contribution in [2.24, 2.45) is 0 Å². The zero-order valence-corrected chi connectivity index (χ0v) is 21.7. The first-order chi connectivity index (χ1) is 16.4. The average Bonchev–Trinajstić information content (AvgIpc) is 2.86. The molecule has 0 spiro atoms. The van der Waals surface area contributed by atoms with E-state index in [1.807, 2.05) is 61.5 Å². The molecule has 0 aliphatic carbocycles. The molecule has 0 aliphatic heterocycles. The largest absolute Gasteiger partial charge is 0.497 e. The van der Waals surface area contributed by atoms with Crippen molar-refractivity contribution in [3.05, 3.63) is 85.5 Å². The Kier molecular flexibility index (Phi) is 7.26. The average molecular weight is 571 g/mol.